The molecule has 2 aliphatic rings. The van der Waals surface area contributed by atoms with Crippen LogP contribution in [0, 0.1) is 37.0 Å². The maximum Gasteiger partial charge on any atom is 0.225 e. The molecule has 2 fully saturated rings. The molecule has 1 spiro atoms. The number of carbonyl (C=O) groups is 3. The summed E-state index contributed by atoms with van der Waals surface area (Å²) in [5.41, 5.74) is 3.47. The third kappa shape index (κ3) is 4.15. The minimum absolute atomic E-state index is 0.0234. The van der Waals surface area contributed by atoms with E-state index in [4.69, 9.17) is 0 Å². The molecule has 0 aliphatic heterocycles. The van der Waals surface area contributed by atoms with Crippen molar-refractivity contribution < 1.29 is 14.4 Å². The average molecular weight is 394 g/mol. The number of benzene rings is 1. The molecule has 2 aliphatic carbocycles. The van der Waals surface area contributed by atoms with Crippen LogP contribution < -0.4 is 0 Å². The number of Topliss-reactive ketones (excluding diaryl/α,β-unsaturated/α-hetero) is 2. The third-order valence-corrected chi connectivity index (χ3v) is 6.73. The van der Waals surface area contributed by atoms with Gasteiger partial charge in [0.05, 0.1) is 0 Å². The molecule has 0 bridgehead atoms. The molecule has 0 saturated heterocycles. The molecule has 0 atom stereocenters. The second-order valence-corrected chi connectivity index (χ2v) is 9.12. The van der Waals surface area contributed by atoms with Crippen molar-refractivity contribution in [3.05, 3.63) is 34.4 Å². The van der Waals surface area contributed by atoms with E-state index >= 15 is 0 Å². The van der Waals surface area contributed by atoms with Gasteiger partial charge in [0.25, 0.3) is 0 Å². The van der Waals surface area contributed by atoms with Crippen LogP contribution in [-0.2, 0) is 14.4 Å². The Morgan fingerprint density at radius 3 is 2.00 bits per heavy atom. The summed E-state index contributed by atoms with van der Waals surface area (Å²) in [4.78, 5) is 40.3. The molecule has 2 saturated carbocycles. The minimum atomic E-state index is -0.648. The van der Waals surface area contributed by atoms with Gasteiger partial charge in [0.1, 0.15) is 17.5 Å². The highest BCUT2D eigenvalue weighted by Crippen LogP contribution is 2.50. The summed E-state index contributed by atoms with van der Waals surface area (Å²) in [6.07, 6.45) is 3.99. The second-order valence-electron chi connectivity index (χ2n) is 9.12. The van der Waals surface area contributed by atoms with Gasteiger partial charge in [0.2, 0.25) is 5.91 Å². The van der Waals surface area contributed by atoms with Crippen molar-refractivity contribution >= 4 is 17.5 Å². The monoisotopic (exact) mass is 393 g/mol. The highest BCUT2D eigenvalue weighted by Gasteiger charge is 2.48. The zero-order chi connectivity index (χ0) is 21.3. The predicted octanol–water partition coefficient (Wildman–Crippen LogP) is 3.96. The van der Waals surface area contributed by atoms with E-state index in [1.165, 1.54) is 0 Å². The van der Waals surface area contributed by atoms with E-state index in [1.54, 1.807) is 25.9 Å². The largest absolute Gasteiger partial charge is 0.349 e. The van der Waals surface area contributed by atoms with Gasteiger partial charge < -0.3 is 4.90 Å². The van der Waals surface area contributed by atoms with Crippen LogP contribution in [0.3, 0.4) is 0 Å². The van der Waals surface area contributed by atoms with Crippen LogP contribution in [0.1, 0.15) is 73.6 Å². The fourth-order valence-electron chi connectivity index (χ4n) is 5.35. The predicted molar refractivity (Wildman–Crippen MR) is 114 cm³/mol. The van der Waals surface area contributed by atoms with Gasteiger partial charge in [0.15, 0.2) is 0 Å². The number of hydrogen-bond donors (Lipinski definition) is 0. The topological polar surface area (TPSA) is 54.5 Å². The molecule has 4 heteroatoms. The first-order valence-corrected chi connectivity index (χ1v) is 10.5. The summed E-state index contributed by atoms with van der Waals surface area (Å²) in [6, 6.07) is 3.95. The van der Waals surface area contributed by atoms with Crippen molar-refractivity contribution in [2.24, 2.45) is 11.3 Å². The van der Waals surface area contributed by atoms with E-state index in [0.29, 0.717) is 12.8 Å². The number of carbonyl (C=O) groups excluding carboxylic acids is 3. The Morgan fingerprint density at radius 1 is 1.03 bits per heavy atom. The normalized spacial score (nSPS) is 26.8. The number of ketones is 2. The van der Waals surface area contributed by atoms with Crippen molar-refractivity contribution in [1.82, 2.24) is 4.90 Å². The molecule has 1 aromatic rings. The first kappa shape index (κ1) is 21.3. The third-order valence-electron chi connectivity index (χ3n) is 6.73. The standard InChI is InChI=1S/C25H31NO3/c1-6-7-18-12-16(2)22(17(3)13-18)23-20(27)14-25(15-21(23)28)10-8-19(9-11-25)24(29)26(4)5/h12-13,19,23H,8-11,14-15H2,1-5H3. The Labute approximate surface area is 174 Å². The Kier molecular flexibility index (Phi) is 5.98. The van der Waals surface area contributed by atoms with Crippen molar-refractivity contribution in [2.75, 3.05) is 14.1 Å². The summed E-state index contributed by atoms with van der Waals surface area (Å²) in [5, 5.41) is 0. The first-order chi connectivity index (χ1) is 13.7. The fourth-order valence-corrected chi connectivity index (χ4v) is 5.35. The molecule has 0 N–H and O–H groups in total. The molecule has 154 valence electrons. The van der Waals surface area contributed by atoms with Gasteiger partial charge in [0, 0.05) is 38.4 Å². The van der Waals surface area contributed by atoms with Gasteiger partial charge >= 0.3 is 0 Å². The molecule has 0 unspecified atom stereocenters. The van der Waals surface area contributed by atoms with Gasteiger partial charge in [-0.2, -0.15) is 0 Å². The molecule has 1 aromatic carbocycles. The van der Waals surface area contributed by atoms with E-state index in [9.17, 15) is 14.4 Å². The Bertz CT molecular complexity index is 865. The zero-order valence-electron chi connectivity index (χ0n) is 18.2. The lowest BCUT2D eigenvalue weighted by Crippen LogP contribution is -2.43. The van der Waals surface area contributed by atoms with Crippen LogP contribution >= 0.6 is 0 Å². The zero-order valence-corrected chi connectivity index (χ0v) is 18.2. The molecule has 3 rings (SSSR count). The lowest BCUT2D eigenvalue weighted by atomic mass is 9.59. The first-order valence-electron chi connectivity index (χ1n) is 10.5. The summed E-state index contributed by atoms with van der Waals surface area (Å²) in [7, 11) is 3.57. The van der Waals surface area contributed by atoms with Crippen LogP contribution in [-0.4, -0.2) is 36.5 Å². The maximum absolute atomic E-state index is 13.2. The molecule has 29 heavy (non-hydrogen) atoms. The van der Waals surface area contributed by atoms with E-state index in [1.807, 2.05) is 26.0 Å². The molecule has 0 aromatic heterocycles. The Morgan fingerprint density at radius 2 is 1.55 bits per heavy atom. The van der Waals surface area contributed by atoms with Crippen LogP contribution in [0.5, 0.6) is 0 Å². The molecular formula is C25H31NO3. The number of aryl methyl sites for hydroxylation is 2. The smallest absolute Gasteiger partial charge is 0.225 e. The number of nitrogens with zero attached hydrogens (tertiary/aromatic N) is 1. The highest BCUT2D eigenvalue weighted by molar-refractivity contribution is 6.10. The van der Waals surface area contributed by atoms with Crippen molar-refractivity contribution in [3.8, 4) is 11.8 Å². The number of amides is 1. The summed E-state index contributed by atoms with van der Waals surface area (Å²) in [5.74, 6) is 5.58. The quantitative estimate of drug-likeness (QED) is 0.565. The van der Waals surface area contributed by atoms with Gasteiger partial charge in [-0.15, -0.1) is 5.92 Å². The highest BCUT2D eigenvalue weighted by atomic mass is 16.2. The average Bonchev–Trinajstić information content (AvgIpc) is 2.63. The molecular weight excluding hydrogens is 362 g/mol. The van der Waals surface area contributed by atoms with E-state index in [-0.39, 0.29) is 28.8 Å². The summed E-state index contributed by atoms with van der Waals surface area (Å²) in [6.45, 7) is 5.73. The van der Waals surface area contributed by atoms with E-state index in [2.05, 4.69) is 11.8 Å². The molecule has 0 heterocycles. The summed E-state index contributed by atoms with van der Waals surface area (Å²) < 4.78 is 0. The van der Waals surface area contributed by atoms with Gasteiger partial charge in [-0.25, -0.2) is 0 Å². The minimum Gasteiger partial charge on any atom is -0.349 e. The lowest BCUT2D eigenvalue weighted by Gasteiger charge is -2.43. The fraction of sp³-hybridized carbons (Fsp3) is 0.560. The van der Waals surface area contributed by atoms with Gasteiger partial charge in [-0.3, -0.25) is 14.4 Å². The van der Waals surface area contributed by atoms with Gasteiger partial charge in [-0.05, 0) is 80.7 Å². The summed E-state index contributed by atoms with van der Waals surface area (Å²) >= 11 is 0. The van der Waals surface area contributed by atoms with Crippen molar-refractivity contribution in [2.45, 2.75) is 65.2 Å². The second kappa shape index (κ2) is 8.14. The molecule has 4 nitrogen and oxygen atoms in total. The lowest BCUT2D eigenvalue weighted by molar-refractivity contribution is -0.139. The van der Waals surface area contributed by atoms with Crippen LogP contribution in [0.4, 0.5) is 0 Å². The van der Waals surface area contributed by atoms with Gasteiger partial charge in [-0.1, -0.05) is 5.92 Å². The van der Waals surface area contributed by atoms with Crippen molar-refractivity contribution in [1.29, 1.82) is 0 Å². The van der Waals surface area contributed by atoms with Crippen LogP contribution in [0.15, 0.2) is 12.1 Å². The van der Waals surface area contributed by atoms with Crippen LogP contribution in [0.2, 0.25) is 0 Å². The number of rotatable bonds is 2. The van der Waals surface area contributed by atoms with Crippen molar-refractivity contribution in [3.63, 3.8) is 0 Å². The number of hydrogen-bond acceptors (Lipinski definition) is 3. The molecule has 1 amide bonds. The van der Waals surface area contributed by atoms with E-state index in [0.717, 1.165) is 47.9 Å². The Hall–Kier alpha value is -2.41. The SMILES string of the molecule is CC#Cc1cc(C)c(C2C(=O)CC3(CCC(C(=O)N(C)C)CC3)CC2=O)c(C)c1. The Balaban J connectivity index is 1.80. The maximum atomic E-state index is 13.2. The molecule has 0 radical (unpaired) electrons. The van der Waals surface area contributed by atoms with Crippen LogP contribution in [0.25, 0.3) is 0 Å². The van der Waals surface area contributed by atoms with E-state index < -0.39 is 5.92 Å².